The predicted octanol–water partition coefficient (Wildman–Crippen LogP) is 4.19. The molecule has 2 rings (SSSR count). The van der Waals surface area contributed by atoms with E-state index in [2.05, 4.69) is 5.10 Å². The summed E-state index contributed by atoms with van der Waals surface area (Å²) in [6.07, 6.45) is 0. The molecule has 0 fully saturated rings. The molecule has 6 heteroatoms. The summed E-state index contributed by atoms with van der Waals surface area (Å²) in [6, 6.07) is 11.7. The van der Waals surface area contributed by atoms with E-state index >= 15 is 0 Å². The van der Waals surface area contributed by atoms with Crippen LogP contribution in [0.5, 0.6) is 0 Å². The zero-order chi connectivity index (χ0) is 14.7. The van der Waals surface area contributed by atoms with Crippen LogP contribution in [0.4, 0.5) is 0 Å². The minimum atomic E-state index is -0.453. The van der Waals surface area contributed by atoms with Crippen molar-refractivity contribution < 1.29 is 4.79 Å². The van der Waals surface area contributed by atoms with Crippen molar-refractivity contribution in [2.24, 2.45) is 10.9 Å². The highest BCUT2D eigenvalue weighted by Crippen LogP contribution is 2.30. The van der Waals surface area contributed by atoms with E-state index < -0.39 is 5.78 Å². The Balaban J connectivity index is 2.51. The lowest BCUT2D eigenvalue weighted by Gasteiger charge is -2.08. The van der Waals surface area contributed by atoms with E-state index in [1.165, 1.54) is 12.1 Å². The number of benzene rings is 2. The molecule has 0 amide bonds. The second kappa shape index (κ2) is 6.27. The number of ketones is 1. The Kier molecular flexibility index (Phi) is 4.65. The number of nitrogens with zero attached hydrogens (tertiary/aromatic N) is 1. The summed E-state index contributed by atoms with van der Waals surface area (Å²) in [5.41, 5.74) is 0.796. The maximum Gasteiger partial charge on any atom is 0.216 e. The first-order chi connectivity index (χ1) is 9.54. The number of hydrogen-bond acceptors (Lipinski definition) is 3. The number of halogens is 3. The van der Waals surface area contributed by atoms with Gasteiger partial charge in [0.2, 0.25) is 5.78 Å². The number of hydrazone groups is 1. The summed E-state index contributed by atoms with van der Waals surface area (Å²) < 4.78 is 0. The molecule has 0 spiro atoms. The average molecular weight is 328 g/mol. The van der Waals surface area contributed by atoms with E-state index in [0.29, 0.717) is 10.6 Å². The fourth-order valence-corrected chi connectivity index (χ4v) is 2.73. The first-order valence-corrected chi connectivity index (χ1v) is 6.70. The molecule has 20 heavy (non-hydrogen) atoms. The van der Waals surface area contributed by atoms with Crippen LogP contribution in [0.15, 0.2) is 47.6 Å². The van der Waals surface area contributed by atoms with Gasteiger partial charge in [-0.1, -0.05) is 65.1 Å². The maximum atomic E-state index is 12.5. The Morgan fingerprint density at radius 3 is 2.05 bits per heavy atom. The summed E-state index contributed by atoms with van der Waals surface area (Å²) >= 11 is 17.9. The van der Waals surface area contributed by atoms with Gasteiger partial charge in [-0.2, -0.15) is 5.10 Å². The molecule has 0 aliphatic heterocycles. The Hall–Kier alpha value is -1.55. The molecule has 0 radical (unpaired) electrons. The van der Waals surface area contributed by atoms with Gasteiger partial charge >= 0.3 is 0 Å². The van der Waals surface area contributed by atoms with Crippen molar-refractivity contribution in [3.05, 3.63) is 68.7 Å². The van der Waals surface area contributed by atoms with Crippen LogP contribution in [0.2, 0.25) is 15.1 Å². The molecule has 0 saturated heterocycles. The van der Waals surface area contributed by atoms with Gasteiger partial charge in [0.15, 0.2) is 0 Å². The van der Waals surface area contributed by atoms with Crippen LogP contribution in [0.3, 0.4) is 0 Å². The van der Waals surface area contributed by atoms with Crippen molar-refractivity contribution in [2.75, 3.05) is 0 Å². The molecule has 0 unspecified atom stereocenters. The van der Waals surface area contributed by atoms with Crippen LogP contribution in [-0.2, 0) is 0 Å². The Labute approximate surface area is 130 Å². The van der Waals surface area contributed by atoms with Gasteiger partial charge < -0.3 is 5.84 Å². The molecule has 0 aliphatic carbocycles. The topological polar surface area (TPSA) is 55.4 Å². The van der Waals surface area contributed by atoms with Crippen LogP contribution < -0.4 is 5.84 Å². The monoisotopic (exact) mass is 326 g/mol. The quantitative estimate of drug-likeness (QED) is 0.398. The minimum Gasteiger partial charge on any atom is -0.323 e. The summed E-state index contributed by atoms with van der Waals surface area (Å²) in [4.78, 5) is 12.5. The normalized spacial score (nSPS) is 11.4. The molecule has 0 aromatic heterocycles. The number of carbonyl (C=O) groups is 1. The third-order valence-corrected chi connectivity index (χ3v) is 3.44. The first kappa shape index (κ1) is 14.9. The van der Waals surface area contributed by atoms with Crippen LogP contribution >= 0.6 is 34.8 Å². The lowest BCUT2D eigenvalue weighted by Crippen LogP contribution is -2.18. The molecule has 3 nitrogen and oxygen atoms in total. The van der Waals surface area contributed by atoms with E-state index in [1.807, 2.05) is 6.07 Å². The van der Waals surface area contributed by atoms with Gasteiger partial charge in [-0.15, -0.1) is 0 Å². The number of Topliss-reactive ketones (excluding diaryl/α,β-unsaturated/α-hetero) is 1. The molecule has 2 aromatic rings. The number of hydrogen-bond donors (Lipinski definition) is 1. The molecule has 0 heterocycles. The van der Waals surface area contributed by atoms with E-state index in [1.54, 1.807) is 24.3 Å². The van der Waals surface area contributed by atoms with Gasteiger partial charge in [0, 0.05) is 10.6 Å². The van der Waals surface area contributed by atoms with Gasteiger partial charge in [-0.25, -0.2) is 0 Å². The summed E-state index contributed by atoms with van der Waals surface area (Å²) in [7, 11) is 0. The van der Waals surface area contributed by atoms with E-state index in [0.717, 1.165) is 0 Å². The second-order valence-corrected chi connectivity index (χ2v) is 5.17. The van der Waals surface area contributed by atoms with Crippen molar-refractivity contribution in [2.45, 2.75) is 0 Å². The average Bonchev–Trinajstić information content (AvgIpc) is 2.39. The highest BCUT2D eigenvalue weighted by Gasteiger charge is 2.22. The molecule has 0 atom stereocenters. The van der Waals surface area contributed by atoms with Crippen molar-refractivity contribution in [3.63, 3.8) is 0 Å². The molecule has 102 valence electrons. The molecular formula is C14H9Cl3N2O. The van der Waals surface area contributed by atoms with Crippen molar-refractivity contribution in [1.82, 2.24) is 0 Å². The largest absolute Gasteiger partial charge is 0.323 e. The third kappa shape index (κ3) is 2.96. The van der Waals surface area contributed by atoms with Crippen LogP contribution in [0.1, 0.15) is 15.9 Å². The second-order valence-electron chi connectivity index (χ2n) is 3.92. The summed E-state index contributed by atoms with van der Waals surface area (Å²) in [5, 5.41) is 4.22. The minimum absolute atomic E-state index is 0.0803. The molecule has 2 N–H and O–H groups in total. The van der Waals surface area contributed by atoms with Crippen molar-refractivity contribution in [1.29, 1.82) is 0 Å². The van der Waals surface area contributed by atoms with Crippen LogP contribution in [0, 0.1) is 0 Å². The van der Waals surface area contributed by atoms with Crippen LogP contribution in [0.25, 0.3) is 0 Å². The number of nitrogens with two attached hydrogens (primary N) is 1. The fourth-order valence-electron chi connectivity index (χ4n) is 1.74. The zero-order valence-corrected chi connectivity index (χ0v) is 12.4. The van der Waals surface area contributed by atoms with E-state index in [-0.39, 0.29) is 21.3 Å². The molecule has 2 aromatic carbocycles. The van der Waals surface area contributed by atoms with E-state index in [4.69, 9.17) is 40.6 Å². The van der Waals surface area contributed by atoms with Gasteiger partial charge in [0.1, 0.15) is 5.71 Å². The first-order valence-electron chi connectivity index (χ1n) is 5.57. The van der Waals surface area contributed by atoms with E-state index in [9.17, 15) is 4.79 Å². The maximum absolute atomic E-state index is 12.5. The zero-order valence-electron chi connectivity index (χ0n) is 10.1. The Bertz CT molecular complexity index is 661. The molecule has 0 bridgehead atoms. The Morgan fingerprint density at radius 2 is 1.55 bits per heavy atom. The highest BCUT2D eigenvalue weighted by molar-refractivity contribution is 6.56. The third-order valence-electron chi connectivity index (χ3n) is 2.63. The van der Waals surface area contributed by atoms with Crippen molar-refractivity contribution >= 4 is 46.3 Å². The molecule has 0 aliphatic rings. The molecular weight excluding hydrogens is 319 g/mol. The molecule has 0 saturated carbocycles. The van der Waals surface area contributed by atoms with Gasteiger partial charge in [0.25, 0.3) is 0 Å². The van der Waals surface area contributed by atoms with Gasteiger partial charge in [-0.3, -0.25) is 4.79 Å². The van der Waals surface area contributed by atoms with Gasteiger partial charge in [-0.05, 0) is 12.1 Å². The standard InChI is InChI=1S/C14H9Cl3N2O/c15-9-6-10(16)12(11(17)7-9)14(20)13(19-18)8-4-2-1-3-5-8/h1-7H,18H2. The predicted molar refractivity (Wildman–Crippen MR) is 83.0 cm³/mol. The van der Waals surface area contributed by atoms with Crippen molar-refractivity contribution in [3.8, 4) is 0 Å². The fraction of sp³-hybridized carbons (Fsp3) is 0. The SMILES string of the molecule is NN=C(C(=O)c1c(Cl)cc(Cl)cc1Cl)c1ccccc1. The Morgan fingerprint density at radius 1 is 1.00 bits per heavy atom. The lowest BCUT2D eigenvalue weighted by atomic mass is 10.0. The number of rotatable bonds is 3. The summed E-state index contributed by atoms with van der Waals surface area (Å²) in [5.74, 6) is 4.87. The lowest BCUT2D eigenvalue weighted by molar-refractivity contribution is 0.106. The van der Waals surface area contributed by atoms with Gasteiger partial charge in [0.05, 0.1) is 15.6 Å². The van der Waals surface area contributed by atoms with Crippen LogP contribution in [-0.4, -0.2) is 11.5 Å². The highest BCUT2D eigenvalue weighted by atomic mass is 35.5. The number of carbonyl (C=O) groups excluding carboxylic acids is 1. The smallest absolute Gasteiger partial charge is 0.216 e. The summed E-state index contributed by atoms with van der Waals surface area (Å²) in [6.45, 7) is 0.